The zero-order valence-electron chi connectivity index (χ0n) is 16.3. The third kappa shape index (κ3) is 3.85. The Kier molecular flexibility index (Phi) is 5.68. The first kappa shape index (κ1) is 20.1. The van der Waals surface area contributed by atoms with Crippen molar-refractivity contribution < 1.29 is 9.50 Å². The number of phenols is 1. The van der Waals surface area contributed by atoms with Crippen LogP contribution in [0.25, 0.3) is 11.4 Å². The van der Waals surface area contributed by atoms with Gasteiger partial charge >= 0.3 is 5.69 Å². The third-order valence-corrected chi connectivity index (χ3v) is 4.86. The Hall–Kier alpha value is -3.61. The summed E-state index contributed by atoms with van der Waals surface area (Å²) >= 11 is 0. The predicted octanol–water partition coefficient (Wildman–Crippen LogP) is 3.54. The van der Waals surface area contributed by atoms with Crippen LogP contribution in [-0.4, -0.2) is 19.2 Å². The van der Waals surface area contributed by atoms with Crippen LogP contribution < -0.4 is 11.4 Å². The Bertz CT molecular complexity index is 1120. The number of aromatic nitrogens is 3. The number of rotatable bonds is 6. The zero-order valence-corrected chi connectivity index (χ0v) is 16.3. The fourth-order valence-corrected chi connectivity index (χ4v) is 3.28. The summed E-state index contributed by atoms with van der Waals surface area (Å²) in [7, 11) is 0. The molecular weight excluding hydrogens is 371 g/mol. The van der Waals surface area contributed by atoms with E-state index >= 15 is 0 Å². The molecule has 2 heterocycles. The lowest BCUT2D eigenvalue weighted by molar-refractivity contribution is 0.465. The lowest BCUT2D eigenvalue weighted by atomic mass is 10.0. The fourth-order valence-electron chi connectivity index (χ4n) is 3.28. The lowest BCUT2D eigenvalue weighted by Crippen LogP contribution is -2.26. The van der Waals surface area contributed by atoms with E-state index in [-0.39, 0.29) is 11.4 Å². The van der Waals surface area contributed by atoms with Gasteiger partial charge in [0.1, 0.15) is 17.4 Å². The highest BCUT2D eigenvalue weighted by Crippen LogP contribution is 2.23. The zero-order chi connectivity index (χ0) is 21.1. The van der Waals surface area contributed by atoms with E-state index in [0.29, 0.717) is 17.8 Å². The number of hydrogen-bond acceptors (Lipinski definition) is 4. The minimum atomic E-state index is -0.560. The van der Waals surface area contributed by atoms with Gasteiger partial charge in [0.15, 0.2) is 0 Å². The summed E-state index contributed by atoms with van der Waals surface area (Å²) in [5.41, 5.74) is 8.26. The van der Waals surface area contributed by atoms with Gasteiger partial charge in [-0.3, -0.25) is 9.13 Å². The maximum Gasteiger partial charge on any atom is 0.334 e. The predicted molar refractivity (Wildman–Crippen MR) is 111 cm³/mol. The smallest absolute Gasteiger partial charge is 0.334 e. The molecule has 0 amide bonds. The van der Waals surface area contributed by atoms with Crippen LogP contribution in [0.4, 0.5) is 4.39 Å². The maximum atomic E-state index is 13.6. The molecule has 0 saturated carbocycles. The second kappa shape index (κ2) is 8.18. The van der Waals surface area contributed by atoms with Crippen molar-refractivity contribution in [1.29, 1.82) is 0 Å². The van der Waals surface area contributed by atoms with E-state index in [4.69, 9.17) is 5.73 Å². The average Bonchev–Trinajstić information content (AvgIpc) is 3.09. The van der Waals surface area contributed by atoms with Gasteiger partial charge in [0.25, 0.3) is 0 Å². The van der Waals surface area contributed by atoms with Crippen molar-refractivity contribution in [2.24, 2.45) is 5.73 Å². The second-order valence-corrected chi connectivity index (χ2v) is 6.62. The van der Waals surface area contributed by atoms with E-state index in [0.717, 1.165) is 22.9 Å². The standard InChI is InChI=1S/C22H23FN4O2/c1-4-15(13-24)19-6-7-21(25-20(19)5-2)27-9-8-26(22(27)29)14(3)16-10-17(23)12-18(28)11-16/h4,6-14,28H,1,5,24H2,2-3H3/b15-13+. The Morgan fingerprint density at radius 3 is 2.72 bits per heavy atom. The van der Waals surface area contributed by atoms with Crippen LogP contribution in [0.1, 0.15) is 36.7 Å². The van der Waals surface area contributed by atoms with E-state index in [2.05, 4.69) is 11.6 Å². The first-order valence-electron chi connectivity index (χ1n) is 9.23. The van der Waals surface area contributed by atoms with E-state index in [9.17, 15) is 14.3 Å². The summed E-state index contributed by atoms with van der Waals surface area (Å²) in [5.74, 6) is -0.269. The highest BCUT2D eigenvalue weighted by Gasteiger charge is 2.16. The molecule has 7 heteroatoms. The Balaban J connectivity index is 2.03. The van der Waals surface area contributed by atoms with Crippen molar-refractivity contribution >= 4 is 5.57 Å². The first-order chi connectivity index (χ1) is 13.9. The van der Waals surface area contributed by atoms with Crippen molar-refractivity contribution in [1.82, 2.24) is 14.1 Å². The third-order valence-electron chi connectivity index (χ3n) is 4.86. The summed E-state index contributed by atoms with van der Waals surface area (Å²) in [6.45, 7) is 7.49. The van der Waals surface area contributed by atoms with Gasteiger partial charge in [0.2, 0.25) is 0 Å². The van der Waals surface area contributed by atoms with Crippen molar-refractivity contribution in [2.45, 2.75) is 26.3 Å². The molecular formula is C22H23FN4O2. The average molecular weight is 394 g/mol. The topological polar surface area (TPSA) is 86.1 Å². The second-order valence-electron chi connectivity index (χ2n) is 6.62. The summed E-state index contributed by atoms with van der Waals surface area (Å²) < 4.78 is 16.5. The number of hydrogen-bond donors (Lipinski definition) is 2. The van der Waals surface area contributed by atoms with Gasteiger partial charge in [-0.2, -0.15) is 0 Å². The quantitative estimate of drug-likeness (QED) is 0.626. The number of allylic oxidation sites excluding steroid dienone is 2. The number of pyridine rings is 1. The monoisotopic (exact) mass is 394 g/mol. The number of benzene rings is 1. The molecule has 0 saturated heterocycles. The van der Waals surface area contributed by atoms with Gasteiger partial charge in [0.05, 0.1) is 11.7 Å². The normalized spacial score (nSPS) is 12.7. The Labute approximate surface area is 168 Å². The van der Waals surface area contributed by atoms with Crippen LogP contribution in [0.15, 0.2) is 66.4 Å². The minimum Gasteiger partial charge on any atom is -0.508 e. The summed E-state index contributed by atoms with van der Waals surface area (Å²) in [4.78, 5) is 17.6. The number of phenolic OH excluding ortho intramolecular Hbond substituents is 1. The number of halogens is 1. The fraction of sp³-hybridized carbons (Fsp3) is 0.182. The van der Waals surface area contributed by atoms with Gasteiger partial charge in [-0.1, -0.05) is 19.6 Å². The lowest BCUT2D eigenvalue weighted by Gasteiger charge is -2.14. The molecule has 6 nitrogen and oxygen atoms in total. The molecule has 0 radical (unpaired) electrons. The van der Waals surface area contributed by atoms with Crippen molar-refractivity contribution in [3.05, 3.63) is 94.7 Å². The van der Waals surface area contributed by atoms with Crippen LogP contribution in [0.3, 0.4) is 0 Å². The van der Waals surface area contributed by atoms with Gasteiger partial charge in [-0.15, -0.1) is 0 Å². The number of aryl methyl sites for hydroxylation is 1. The number of imidazole rings is 1. The molecule has 0 spiro atoms. The molecule has 2 aromatic heterocycles. The molecule has 3 N–H and O–H groups in total. The number of nitrogens with zero attached hydrogens (tertiary/aromatic N) is 3. The number of aromatic hydroxyl groups is 1. The van der Waals surface area contributed by atoms with Crippen molar-refractivity contribution in [3.63, 3.8) is 0 Å². The Morgan fingerprint density at radius 2 is 2.10 bits per heavy atom. The van der Waals surface area contributed by atoms with Gasteiger partial charge in [0, 0.05) is 30.2 Å². The summed E-state index contributed by atoms with van der Waals surface area (Å²) in [5, 5.41) is 9.65. The van der Waals surface area contributed by atoms with E-state index in [1.54, 1.807) is 31.5 Å². The molecule has 1 aromatic carbocycles. The molecule has 0 aliphatic rings. The molecule has 1 atom stereocenters. The van der Waals surface area contributed by atoms with E-state index in [1.165, 1.54) is 27.5 Å². The highest BCUT2D eigenvalue weighted by atomic mass is 19.1. The largest absolute Gasteiger partial charge is 0.508 e. The number of nitrogens with two attached hydrogens (primary N) is 1. The van der Waals surface area contributed by atoms with Gasteiger partial charge in [-0.25, -0.2) is 14.2 Å². The molecule has 3 rings (SSSR count). The van der Waals surface area contributed by atoms with Gasteiger partial charge < -0.3 is 10.8 Å². The van der Waals surface area contributed by atoms with Crippen LogP contribution >= 0.6 is 0 Å². The summed E-state index contributed by atoms with van der Waals surface area (Å²) in [6.07, 6.45) is 7.02. The molecule has 0 aliphatic carbocycles. The maximum absolute atomic E-state index is 13.6. The van der Waals surface area contributed by atoms with Gasteiger partial charge in [-0.05, 0) is 48.7 Å². The summed E-state index contributed by atoms with van der Waals surface area (Å²) in [6, 6.07) is 6.89. The molecule has 0 bridgehead atoms. The van der Waals surface area contributed by atoms with Crippen LogP contribution in [0.2, 0.25) is 0 Å². The van der Waals surface area contributed by atoms with Crippen LogP contribution in [0.5, 0.6) is 5.75 Å². The Morgan fingerprint density at radius 1 is 1.34 bits per heavy atom. The molecule has 0 fully saturated rings. The highest BCUT2D eigenvalue weighted by molar-refractivity contribution is 5.74. The molecule has 3 aromatic rings. The van der Waals surface area contributed by atoms with Crippen LogP contribution in [0, 0.1) is 5.82 Å². The molecule has 29 heavy (non-hydrogen) atoms. The molecule has 1 unspecified atom stereocenters. The van der Waals surface area contributed by atoms with E-state index < -0.39 is 11.9 Å². The molecule has 0 aliphatic heterocycles. The first-order valence-corrected chi connectivity index (χ1v) is 9.23. The van der Waals surface area contributed by atoms with Crippen molar-refractivity contribution in [2.75, 3.05) is 0 Å². The van der Waals surface area contributed by atoms with Crippen LogP contribution in [-0.2, 0) is 6.42 Å². The van der Waals surface area contributed by atoms with Crippen molar-refractivity contribution in [3.8, 4) is 11.6 Å². The molecule has 150 valence electrons. The SMILES string of the molecule is C=C/C(=C\N)c1ccc(-n2ccn(C(C)c3cc(O)cc(F)c3)c2=O)nc1CC. The van der Waals surface area contributed by atoms with E-state index in [1.807, 2.05) is 13.0 Å². The minimum absolute atomic E-state index is 0.185.